The molecule has 1 aromatic rings. The molecule has 1 fully saturated rings. The van der Waals surface area contributed by atoms with Gasteiger partial charge in [-0.05, 0) is 34.5 Å². The second-order valence-corrected chi connectivity index (χ2v) is 7.79. The van der Waals surface area contributed by atoms with E-state index in [4.69, 9.17) is 5.14 Å². The molecule has 2 N–H and O–H groups in total. The van der Waals surface area contributed by atoms with Gasteiger partial charge in [0.25, 0.3) is 5.69 Å². The van der Waals surface area contributed by atoms with E-state index in [1.807, 2.05) is 0 Å². The van der Waals surface area contributed by atoms with Gasteiger partial charge in [-0.15, -0.1) is 0 Å². The van der Waals surface area contributed by atoms with Crippen LogP contribution in [0.15, 0.2) is 16.6 Å². The predicted octanol–water partition coefficient (Wildman–Crippen LogP) is 1.31. The van der Waals surface area contributed by atoms with Crippen molar-refractivity contribution in [2.45, 2.75) is 13.3 Å². The lowest BCUT2D eigenvalue weighted by molar-refractivity contribution is -0.384. The van der Waals surface area contributed by atoms with Crippen molar-refractivity contribution in [3.8, 4) is 0 Å². The molecule has 0 radical (unpaired) electrons. The third-order valence-electron chi connectivity index (χ3n) is 3.33. The van der Waals surface area contributed by atoms with Gasteiger partial charge in [-0.2, -0.15) is 0 Å². The lowest BCUT2D eigenvalue weighted by Crippen LogP contribution is -2.28. The fourth-order valence-electron chi connectivity index (χ4n) is 2.56. The quantitative estimate of drug-likeness (QED) is 0.611. The third-order valence-corrected chi connectivity index (χ3v) is 4.87. The van der Waals surface area contributed by atoms with Crippen molar-refractivity contribution in [3.63, 3.8) is 0 Å². The Balaban J connectivity index is 2.40. The largest absolute Gasteiger partial charge is 0.305 e. The molecular formula is C12H14BrN3O5S. The van der Waals surface area contributed by atoms with Crippen LogP contribution in [0.3, 0.4) is 0 Å². The van der Waals surface area contributed by atoms with E-state index < -0.39 is 20.9 Å². The summed E-state index contributed by atoms with van der Waals surface area (Å²) in [5, 5.41) is 16.2. The molecule has 1 aromatic carbocycles. The molecule has 1 unspecified atom stereocenters. The normalized spacial score (nSPS) is 18.8. The summed E-state index contributed by atoms with van der Waals surface area (Å²) in [6, 6.07) is 3.04. The number of nitrogens with two attached hydrogens (primary N) is 1. The molecule has 0 bridgehead atoms. The van der Waals surface area contributed by atoms with E-state index in [2.05, 4.69) is 15.9 Å². The number of nitro benzene ring substituents is 1. The predicted molar refractivity (Wildman–Crippen MR) is 84.0 cm³/mol. The number of carbonyl (C=O) groups is 1. The number of carbonyl (C=O) groups excluding carboxylic acids is 1. The minimum absolute atomic E-state index is 0.00605. The Hall–Kier alpha value is -1.52. The molecule has 2 rings (SSSR count). The maximum Gasteiger partial charge on any atom is 0.294 e. The molecule has 22 heavy (non-hydrogen) atoms. The van der Waals surface area contributed by atoms with Crippen molar-refractivity contribution in [2.24, 2.45) is 11.1 Å². The van der Waals surface area contributed by atoms with E-state index in [0.717, 1.165) is 0 Å². The van der Waals surface area contributed by atoms with Crippen LogP contribution < -0.4 is 10.0 Å². The highest BCUT2D eigenvalue weighted by atomic mass is 79.9. The monoisotopic (exact) mass is 391 g/mol. The van der Waals surface area contributed by atoms with Crippen LogP contribution >= 0.6 is 15.9 Å². The fourth-order valence-corrected chi connectivity index (χ4v) is 4.22. The first-order valence-corrected chi connectivity index (χ1v) is 8.84. The van der Waals surface area contributed by atoms with Crippen LogP contribution in [0.1, 0.15) is 12.0 Å². The molecule has 0 saturated carbocycles. The van der Waals surface area contributed by atoms with Crippen molar-refractivity contribution < 1.29 is 18.1 Å². The van der Waals surface area contributed by atoms with Gasteiger partial charge in [-0.25, -0.2) is 13.6 Å². The summed E-state index contributed by atoms with van der Waals surface area (Å²) in [5.74, 6) is -1.16. The number of aryl methyl sites for hydroxylation is 1. The molecule has 1 aliphatic heterocycles. The minimum atomic E-state index is -3.70. The molecule has 0 aliphatic carbocycles. The third kappa shape index (κ3) is 3.62. The second kappa shape index (κ2) is 5.94. The number of halogens is 1. The number of sulfonamides is 1. The average molecular weight is 392 g/mol. The Morgan fingerprint density at radius 2 is 2.14 bits per heavy atom. The van der Waals surface area contributed by atoms with Crippen LogP contribution in [0.2, 0.25) is 0 Å². The first-order chi connectivity index (χ1) is 10.1. The lowest BCUT2D eigenvalue weighted by atomic mass is 10.1. The van der Waals surface area contributed by atoms with E-state index in [1.54, 1.807) is 13.0 Å². The van der Waals surface area contributed by atoms with Gasteiger partial charge in [0.1, 0.15) is 5.69 Å². The number of primary sulfonamides is 1. The summed E-state index contributed by atoms with van der Waals surface area (Å²) in [4.78, 5) is 24.0. The first kappa shape index (κ1) is 16.8. The fraction of sp³-hybridized carbons (Fsp3) is 0.417. The highest BCUT2D eigenvalue weighted by Crippen LogP contribution is 2.40. The summed E-state index contributed by atoms with van der Waals surface area (Å²) in [5.41, 5.74) is 0.629. The van der Waals surface area contributed by atoms with E-state index >= 15 is 0 Å². The van der Waals surface area contributed by atoms with Crippen molar-refractivity contribution in [3.05, 3.63) is 32.3 Å². The Bertz CT molecular complexity index is 749. The molecule has 1 saturated heterocycles. The molecule has 1 amide bonds. The van der Waals surface area contributed by atoms with E-state index in [0.29, 0.717) is 10.0 Å². The van der Waals surface area contributed by atoms with Crippen LogP contribution in [0.25, 0.3) is 0 Å². The highest BCUT2D eigenvalue weighted by molar-refractivity contribution is 9.10. The van der Waals surface area contributed by atoms with Gasteiger partial charge in [0, 0.05) is 29.4 Å². The number of amides is 1. The number of hydrogen-bond acceptors (Lipinski definition) is 5. The topological polar surface area (TPSA) is 124 Å². The first-order valence-electron chi connectivity index (χ1n) is 6.34. The van der Waals surface area contributed by atoms with Crippen LogP contribution in [0, 0.1) is 23.0 Å². The lowest BCUT2D eigenvalue weighted by Gasteiger charge is -2.18. The summed E-state index contributed by atoms with van der Waals surface area (Å²) in [7, 11) is -3.70. The standard InChI is InChI=1S/C12H14BrN3O5S/c1-7-2-9(13)12(10(3-7)16(18)19)15-5-8(4-11(15)17)6-22(14,20)21/h2-3,8H,4-6H2,1H3,(H2,14,20,21). The van der Waals surface area contributed by atoms with Crippen LogP contribution in [-0.4, -0.2) is 31.5 Å². The molecule has 8 nitrogen and oxygen atoms in total. The Morgan fingerprint density at radius 3 is 2.68 bits per heavy atom. The van der Waals surface area contributed by atoms with Crippen molar-refractivity contribution in [1.29, 1.82) is 0 Å². The van der Waals surface area contributed by atoms with Crippen LogP contribution in [-0.2, 0) is 14.8 Å². The minimum Gasteiger partial charge on any atom is -0.305 e. The van der Waals surface area contributed by atoms with Crippen LogP contribution in [0.5, 0.6) is 0 Å². The van der Waals surface area contributed by atoms with Crippen molar-refractivity contribution in [2.75, 3.05) is 17.2 Å². The molecule has 1 heterocycles. The summed E-state index contributed by atoms with van der Waals surface area (Å²) in [6.45, 7) is 1.79. The van der Waals surface area contributed by atoms with Gasteiger partial charge in [-0.3, -0.25) is 14.9 Å². The van der Waals surface area contributed by atoms with E-state index in [1.165, 1.54) is 11.0 Å². The van der Waals surface area contributed by atoms with Crippen molar-refractivity contribution in [1.82, 2.24) is 0 Å². The summed E-state index contributed by atoms with van der Waals surface area (Å²) >= 11 is 3.24. The summed E-state index contributed by atoms with van der Waals surface area (Å²) < 4.78 is 22.7. The molecule has 0 spiro atoms. The maximum absolute atomic E-state index is 12.1. The zero-order valence-corrected chi connectivity index (χ0v) is 14.1. The number of hydrogen-bond donors (Lipinski definition) is 1. The van der Waals surface area contributed by atoms with Gasteiger partial charge in [0.2, 0.25) is 15.9 Å². The average Bonchev–Trinajstić information content (AvgIpc) is 2.66. The Kier molecular flexibility index (Phi) is 4.54. The zero-order valence-electron chi connectivity index (χ0n) is 11.7. The van der Waals surface area contributed by atoms with Gasteiger partial charge in [0.15, 0.2) is 0 Å². The number of anilines is 1. The SMILES string of the molecule is Cc1cc(Br)c(N2CC(CS(N)(=O)=O)CC2=O)c([N+](=O)[O-])c1. The number of benzene rings is 1. The molecule has 120 valence electrons. The molecule has 10 heteroatoms. The van der Waals surface area contributed by atoms with E-state index in [-0.39, 0.29) is 36.0 Å². The van der Waals surface area contributed by atoms with E-state index in [9.17, 15) is 23.3 Å². The van der Waals surface area contributed by atoms with Crippen LogP contribution in [0.4, 0.5) is 11.4 Å². The Labute approximate surface area is 135 Å². The number of rotatable bonds is 4. The second-order valence-electron chi connectivity index (χ2n) is 5.28. The van der Waals surface area contributed by atoms with Gasteiger partial charge >= 0.3 is 0 Å². The molecule has 0 aromatic heterocycles. The molecule has 1 aliphatic rings. The highest BCUT2D eigenvalue weighted by Gasteiger charge is 2.37. The van der Waals surface area contributed by atoms with Gasteiger partial charge < -0.3 is 4.90 Å². The zero-order chi connectivity index (χ0) is 16.7. The number of nitro groups is 1. The van der Waals surface area contributed by atoms with Gasteiger partial charge in [-0.1, -0.05) is 0 Å². The maximum atomic E-state index is 12.1. The Morgan fingerprint density at radius 1 is 1.50 bits per heavy atom. The summed E-state index contributed by atoms with van der Waals surface area (Å²) in [6.07, 6.45) is -0.00605. The van der Waals surface area contributed by atoms with Gasteiger partial charge in [0.05, 0.1) is 10.7 Å². The molecular weight excluding hydrogens is 378 g/mol. The smallest absolute Gasteiger partial charge is 0.294 e. The molecule has 1 atom stereocenters. The number of nitrogens with zero attached hydrogens (tertiary/aromatic N) is 2. The van der Waals surface area contributed by atoms with Crippen molar-refractivity contribution >= 4 is 43.2 Å².